The number of carbonyl (C=O) groups is 1. The zero-order valence-electron chi connectivity index (χ0n) is 17.7. The second kappa shape index (κ2) is 8.55. The molecule has 0 unspecified atom stereocenters. The molecule has 0 aliphatic carbocycles. The molecule has 3 aromatic rings. The summed E-state index contributed by atoms with van der Waals surface area (Å²) in [5, 5.41) is 15.1. The number of fused-ring (bicyclic) bond motifs is 1. The molecule has 152 valence electrons. The minimum atomic E-state index is -0.902. The molecule has 29 heavy (non-hydrogen) atoms. The quantitative estimate of drug-likeness (QED) is 0.579. The molecule has 6 nitrogen and oxygen atoms in total. The number of nitrogens with zero attached hydrogens (tertiary/aromatic N) is 4. The van der Waals surface area contributed by atoms with Crippen molar-refractivity contribution in [2.75, 3.05) is 0 Å². The van der Waals surface area contributed by atoms with E-state index in [1.165, 1.54) is 0 Å². The van der Waals surface area contributed by atoms with Crippen LogP contribution in [0, 0.1) is 12.8 Å². The molecule has 0 amide bonds. The van der Waals surface area contributed by atoms with Crippen LogP contribution in [0.4, 0.5) is 0 Å². The zero-order chi connectivity index (χ0) is 21.1. The smallest absolute Gasteiger partial charge is 0.331 e. The summed E-state index contributed by atoms with van der Waals surface area (Å²) >= 11 is 0. The Morgan fingerprint density at radius 1 is 1.24 bits per heavy atom. The summed E-state index contributed by atoms with van der Waals surface area (Å²) in [4.78, 5) is 21.1. The fourth-order valence-electron chi connectivity index (χ4n) is 3.57. The largest absolute Gasteiger partial charge is 0.478 e. The van der Waals surface area contributed by atoms with Crippen LogP contribution in [0.5, 0.6) is 0 Å². The second-order valence-electron chi connectivity index (χ2n) is 7.72. The third kappa shape index (κ3) is 4.21. The van der Waals surface area contributed by atoms with Crippen LogP contribution in [-0.4, -0.2) is 30.8 Å². The Kier molecular flexibility index (Phi) is 6.11. The van der Waals surface area contributed by atoms with Crippen molar-refractivity contribution in [3.63, 3.8) is 0 Å². The third-order valence-corrected chi connectivity index (χ3v) is 4.94. The summed E-state index contributed by atoms with van der Waals surface area (Å²) in [6, 6.07) is 2.08. The van der Waals surface area contributed by atoms with Gasteiger partial charge in [-0.05, 0) is 50.3 Å². The van der Waals surface area contributed by atoms with Crippen LogP contribution in [0.1, 0.15) is 50.9 Å². The van der Waals surface area contributed by atoms with Gasteiger partial charge in [-0.2, -0.15) is 5.10 Å². The lowest BCUT2D eigenvalue weighted by Gasteiger charge is -2.16. The molecule has 3 aromatic heterocycles. The van der Waals surface area contributed by atoms with Crippen molar-refractivity contribution in [2.24, 2.45) is 5.92 Å². The summed E-state index contributed by atoms with van der Waals surface area (Å²) < 4.78 is 1.89. The highest BCUT2D eigenvalue weighted by molar-refractivity contribution is 6.01. The van der Waals surface area contributed by atoms with E-state index < -0.39 is 5.97 Å². The first-order valence-corrected chi connectivity index (χ1v) is 10.1. The topological polar surface area (TPSA) is 80.9 Å². The summed E-state index contributed by atoms with van der Waals surface area (Å²) in [5.74, 6) is -0.524. The first-order chi connectivity index (χ1) is 13.8. The summed E-state index contributed by atoms with van der Waals surface area (Å²) in [7, 11) is 0. The molecule has 0 saturated heterocycles. The van der Waals surface area contributed by atoms with Crippen molar-refractivity contribution in [1.29, 1.82) is 0 Å². The molecule has 0 spiro atoms. The molecule has 6 heteroatoms. The molecule has 0 aromatic carbocycles. The van der Waals surface area contributed by atoms with Gasteiger partial charge in [0.05, 0.1) is 11.9 Å². The molecule has 0 bridgehead atoms. The van der Waals surface area contributed by atoms with Crippen LogP contribution in [0.2, 0.25) is 0 Å². The van der Waals surface area contributed by atoms with Crippen molar-refractivity contribution in [2.45, 2.75) is 54.0 Å². The number of carboxylic acid groups (broad SMARTS) is 1. The summed E-state index contributed by atoms with van der Waals surface area (Å²) in [5.41, 5.74) is 5.88. The summed E-state index contributed by atoms with van der Waals surface area (Å²) in [6.45, 7) is 10.9. The number of pyridine rings is 2. The Hall–Kier alpha value is -3.02. The molecule has 0 atom stereocenters. The fraction of sp³-hybridized carbons (Fsp3) is 0.391. The Balaban J connectivity index is 2.46. The van der Waals surface area contributed by atoms with E-state index in [-0.39, 0.29) is 0 Å². The highest BCUT2D eigenvalue weighted by atomic mass is 16.4. The van der Waals surface area contributed by atoms with E-state index in [9.17, 15) is 9.90 Å². The van der Waals surface area contributed by atoms with Crippen molar-refractivity contribution >= 4 is 23.1 Å². The SMILES string of the molecule is CC/C(=C\c1c(CC(C)C)nc2c(cnn2CC)c1-c1cncc(C)c1)C(=O)O. The lowest BCUT2D eigenvalue weighted by molar-refractivity contribution is -0.132. The molecule has 0 aliphatic heterocycles. The fourth-order valence-corrected chi connectivity index (χ4v) is 3.57. The van der Waals surface area contributed by atoms with E-state index >= 15 is 0 Å². The van der Waals surface area contributed by atoms with Gasteiger partial charge < -0.3 is 5.11 Å². The van der Waals surface area contributed by atoms with Gasteiger partial charge in [0.15, 0.2) is 5.65 Å². The number of aromatic nitrogens is 4. The summed E-state index contributed by atoms with van der Waals surface area (Å²) in [6.07, 6.45) is 8.44. The zero-order valence-corrected chi connectivity index (χ0v) is 17.7. The first-order valence-electron chi connectivity index (χ1n) is 10.1. The van der Waals surface area contributed by atoms with Crippen molar-refractivity contribution in [3.05, 3.63) is 47.1 Å². The van der Waals surface area contributed by atoms with Gasteiger partial charge in [-0.1, -0.05) is 20.8 Å². The van der Waals surface area contributed by atoms with Crippen molar-refractivity contribution in [1.82, 2.24) is 19.7 Å². The van der Waals surface area contributed by atoms with Crippen molar-refractivity contribution in [3.8, 4) is 11.1 Å². The maximum atomic E-state index is 11.8. The molecular formula is C23H28N4O2. The molecule has 3 rings (SSSR count). The Labute approximate surface area is 171 Å². The van der Waals surface area contributed by atoms with E-state index in [1.807, 2.05) is 44.0 Å². The average molecular weight is 393 g/mol. The standard InChI is InChI=1S/C23H28N4O2/c1-6-16(23(28)29)10-18-20(8-14(3)4)26-22-19(13-25-27(22)7-2)21(18)17-9-15(5)11-24-12-17/h9-14H,6-8H2,1-5H3,(H,28,29)/b16-10+. The van der Waals surface area contributed by atoms with Crippen molar-refractivity contribution < 1.29 is 9.90 Å². The molecule has 3 heterocycles. The number of rotatable bonds is 7. The van der Waals surface area contributed by atoms with Crippen LogP contribution in [-0.2, 0) is 17.8 Å². The number of hydrogen-bond acceptors (Lipinski definition) is 4. The molecule has 0 aliphatic rings. The number of hydrogen-bond donors (Lipinski definition) is 1. The van der Waals surface area contributed by atoms with Crippen LogP contribution in [0.25, 0.3) is 28.2 Å². The van der Waals surface area contributed by atoms with Crippen LogP contribution < -0.4 is 0 Å². The van der Waals surface area contributed by atoms with Gasteiger partial charge >= 0.3 is 5.97 Å². The van der Waals surface area contributed by atoms with Gasteiger partial charge in [-0.15, -0.1) is 0 Å². The third-order valence-electron chi connectivity index (χ3n) is 4.94. The number of aryl methyl sites for hydroxylation is 2. The molecule has 0 fully saturated rings. The predicted octanol–water partition coefficient (Wildman–Crippen LogP) is 4.90. The van der Waals surface area contributed by atoms with Gasteiger partial charge in [0.2, 0.25) is 0 Å². The van der Waals surface area contributed by atoms with E-state index in [0.717, 1.165) is 45.4 Å². The molecular weight excluding hydrogens is 364 g/mol. The minimum Gasteiger partial charge on any atom is -0.478 e. The lowest BCUT2D eigenvalue weighted by Crippen LogP contribution is -2.07. The monoisotopic (exact) mass is 392 g/mol. The second-order valence-corrected chi connectivity index (χ2v) is 7.72. The van der Waals surface area contributed by atoms with Gasteiger partial charge in [0.1, 0.15) is 0 Å². The molecule has 0 radical (unpaired) electrons. The van der Waals surface area contributed by atoms with E-state index in [1.54, 1.807) is 6.08 Å². The Bertz CT molecular complexity index is 1080. The highest BCUT2D eigenvalue weighted by Crippen LogP contribution is 2.35. The van der Waals surface area contributed by atoms with Gasteiger partial charge in [-0.3, -0.25) is 4.98 Å². The molecule has 1 N–H and O–H groups in total. The Morgan fingerprint density at radius 3 is 2.59 bits per heavy atom. The lowest BCUT2D eigenvalue weighted by atomic mass is 9.92. The number of aliphatic carboxylic acids is 1. The van der Waals surface area contributed by atoms with E-state index in [0.29, 0.717) is 24.5 Å². The predicted molar refractivity (Wildman–Crippen MR) is 116 cm³/mol. The maximum absolute atomic E-state index is 11.8. The minimum absolute atomic E-state index is 0.362. The van der Waals surface area contributed by atoms with Crippen LogP contribution >= 0.6 is 0 Å². The van der Waals surface area contributed by atoms with Crippen LogP contribution in [0.3, 0.4) is 0 Å². The van der Waals surface area contributed by atoms with Gasteiger partial charge in [0.25, 0.3) is 0 Å². The highest BCUT2D eigenvalue weighted by Gasteiger charge is 2.20. The van der Waals surface area contributed by atoms with Crippen LogP contribution in [0.15, 0.2) is 30.2 Å². The van der Waals surface area contributed by atoms with Gasteiger partial charge in [-0.25, -0.2) is 14.5 Å². The molecule has 0 saturated carbocycles. The average Bonchev–Trinajstić information content (AvgIpc) is 3.07. The Morgan fingerprint density at radius 2 is 2.00 bits per heavy atom. The van der Waals surface area contributed by atoms with E-state index in [2.05, 4.69) is 30.0 Å². The normalized spacial score (nSPS) is 12.1. The first kappa shape index (κ1) is 20.7. The maximum Gasteiger partial charge on any atom is 0.331 e. The number of carboxylic acids is 1. The van der Waals surface area contributed by atoms with E-state index in [4.69, 9.17) is 4.98 Å². The van der Waals surface area contributed by atoms with Gasteiger partial charge in [0, 0.05) is 46.6 Å².